The molecule has 1 N–H and O–H groups in total. The van der Waals surface area contributed by atoms with E-state index in [4.69, 9.17) is 4.74 Å². The van der Waals surface area contributed by atoms with Gasteiger partial charge in [-0.25, -0.2) is 0 Å². The number of aryl methyl sites for hydroxylation is 2. The standard InChI is InChI=1S/C14H19N4O2.2W.Y/c1-8-13-14(16-7-15-8)18(9(2)17-13)11-4-10(6-20-3)5-12(11)19;;;/h10-12,19H,4-6H2,1-3H3;;;/q-1;;;/t10-,11+,12-;;;/m0.../s1. The summed E-state index contributed by atoms with van der Waals surface area (Å²) in [4.78, 5) is 12.8. The summed E-state index contributed by atoms with van der Waals surface area (Å²) in [6.45, 7) is 4.52. The zero-order valence-corrected chi connectivity index (χ0v) is 22.1. The van der Waals surface area contributed by atoms with Crippen LogP contribution in [0.3, 0.4) is 0 Å². The molecule has 1 fully saturated rings. The van der Waals surface area contributed by atoms with Gasteiger partial charge in [-0.15, -0.1) is 0 Å². The number of aromatic nitrogens is 4. The fraction of sp³-hybridized carbons (Fsp3) is 0.643. The van der Waals surface area contributed by atoms with Crippen molar-refractivity contribution in [3.8, 4) is 0 Å². The summed E-state index contributed by atoms with van der Waals surface area (Å²) in [7, 11) is 1.70. The van der Waals surface area contributed by atoms with Crippen molar-refractivity contribution in [2.45, 2.75) is 38.8 Å². The maximum absolute atomic E-state index is 10.4. The molecule has 0 unspecified atom stereocenters. The summed E-state index contributed by atoms with van der Waals surface area (Å²) < 4.78 is 7.24. The molecule has 3 rings (SSSR count). The van der Waals surface area contributed by atoms with Gasteiger partial charge in [-0.3, -0.25) is 4.98 Å². The van der Waals surface area contributed by atoms with E-state index in [0.29, 0.717) is 12.5 Å². The Kier molecular flexibility index (Phi) is 10.6. The van der Waals surface area contributed by atoms with Crippen molar-refractivity contribution in [2.75, 3.05) is 13.7 Å². The van der Waals surface area contributed by atoms with Gasteiger partial charge in [0.15, 0.2) is 0 Å². The van der Waals surface area contributed by atoms with Crippen LogP contribution in [0.1, 0.15) is 30.4 Å². The smallest absolute Gasteiger partial charge is 0.0942 e. The zero-order valence-electron chi connectivity index (χ0n) is 13.4. The molecule has 23 heavy (non-hydrogen) atoms. The number of nitrogens with zero attached hydrogens (tertiary/aromatic N) is 4. The number of hydrogen-bond donors (Lipinski definition) is 1. The molecule has 3 atom stereocenters. The van der Waals surface area contributed by atoms with Crippen molar-refractivity contribution in [1.82, 2.24) is 19.5 Å². The third-order valence-corrected chi connectivity index (χ3v) is 4.11. The first-order chi connectivity index (χ1) is 9.61. The third kappa shape index (κ3) is 4.77. The Balaban J connectivity index is 0.00000161. The van der Waals surface area contributed by atoms with E-state index in [-0.39, 0.29) is 87.0 Å². The van der Waals surface area contributed by atoms with Crippen molar-refractivity contribution < 1.29 is 84.7 Å². The monoisotopic (exact) mass is 732 g/mol. The first kappa shape index (κ1) is 24.0. The number of ether oxygens (including phenoxy) is 1. The van der Waals surface area contributed by atoms with Crippen molar-refractivity contribution in [3.05, 3.63) is 17.8 Å². The third-order valence-electron chi connectivity index (χ3n) is 4.11. The SMILES string of the molecule is COC[C@H]1C[C@@H](n2c(C)nc3c(C)n[c-]nc32)[C@@H](O)C1.[W].[W].[Y]. The Morgan fingerprint density at radius 1 is 1.26 bits per heavy atom. The fourth-order valence-corrected chi connectivity index (χ4v) is 3.22. The summed E-state index contributed by atoms with van der Waals surface area (Å²) in [6, 6.07) is 0.00264. The molecule has 123 valence electrons. The molecule has 0 aliphatic heterocycles. The van der Waals surface area contributed by atoms with Crippen LogP contribution in [-0.2, 0) is 79.6 Å². The van der Waals surface area contributed by atoms with Crippen molar-refractivity contribution in [3.63, 3.8) is 0 Å². The summed E-state index contributed by atoms with van der Waals surface area (Å²) in [5.74, 6) is 1.24. The minimum atomic E-state index is -0.387. The second-order valence-corrected chi connectivity index (χ2v) is 5.54. The molecule has 0 spiro atoms. The van der Waals surface area contributed by atoms with Crippen molar-refractivity contribution in [1.29, 1.82) is 0 Å². The molecule has 0 saturated heterocycles. The summed E-state index contributed by atoms with van der Waals surface area (Å²) >= 11 is 0. The molecule has 2 heterocycles. The minimum absolute atomic E-state index is 0. The van der Waals surface area contributed by atoms with Crippen LogP contribution in [0, 0.1) is 26.1 Å². The Hall–Kier alpha value is 0.951. The van der Waals surface area contributed by atoms with E-state index in [2.05, 4.69) is 21.3 Å². The molecule has 0 aromatic carbocycles. The molecule has 2 aromatic heterocycles. The van der Waals surface area contributed by atoms with Gasteiger partial charge in [-0.1, -0.05) is 6.92 Å². The maximum atomic E-state index is 10.4. The normalized spacial score (nSPS) is 23.0. The quantitative estimate of drug-likeness (QED) is 0.481. The van der Waals surface area contributed by atoms with Crippen molar-refractivity contribution >= 4 is 11.2 Å². The fourth-order valence-electron chi connectivity index (χ4n) is 3.22. The minimum Gasteiger partial charge on any atom is -0.391 e. The van der Waals surface area contributed by atoms with Gasteiger partial charge in [0.2, 0.25) is 0 Å². The Labute approximate surface area is 190 Å². The summed E-state index contributed by atoms with van der Waals surface area (Å²) in [6.07, 6.45) is 3.91. The van der Waals surface area contributed by atoms with Crippen LogP contribution in [-0.4, -0.2) is 44.4 Å². The van der Waals surface area contributed by atoms with E-state index in [1.165, 1.54) is 0 Å². The van der Waals surface area contributed by atoms with Crippen LogP contribution in [0.2, 0.25) is 0 Å². The van der Waals surface area contributed by atoms with Crippen LogP contribution in [0.4, 0.5) is 0 Å². The molecule has 1 aliphatic carbocycles. The van der Waals surface area contributed by atoms with E-state index in [9.17, 15) is 5.11 Å². The predicted molar refractivity (Wildman–Crippen MR) is 73.3 cm³/mol. The van der Waals surface area contributed by atoms with Crippen molar-refractivity contribution in [2.24, 2.45) is 5.92 Å². The summed E-state index contributed by atoms with van der Waals surface area (Å²) in [5.41, 5.74) is 2.37. The molecule has 0 bridgehead atoms. The van der Waals surface area contributed by atoms with E-state index in [1.54, 1.807) is 7.11 Å². The number of aliphatic hydroxyl groups is 1. The van der Waals surface area contributed by atoms with Gasteiger partial charge in [-0.2, -0.15) is 0 Å². The molecule has 1 aliphatic rings. The molecule has 6 nitrogen and oxygen atoms in total. The number of imidazole rings is 1. The predicted octanol–water partition coefficient (Wildman–Crippen LogP) is 1.19. The number of aliphatic hydroxyl groups excluding tert-OH is 1. The molecule has 0 amide bonds. The zero-order chi connectivity index (χ0) is 14.3. The molecule has 2 aromatic rings. The first-order valence-corrected chi connectivity index (χ1v) is 6.88. The van der Waals surface area contributed by atoms with Gasteiger partial charge in [-0.05, 0) is 31.4 Å². The number of rotatable bonds is 3. The van der Waals surface area contributed by atoms with Crippen LogP contribution >= 0.6 is 0 Å². The largest absolute Gasteiger partial charge is 0.391 e. The van der Waals surface area contributed by atoms with Gasteiger partial charge in [0.05, 0.1) is 18.0 Å². The molecule has 1 radical (unpaired) electrons. The second kappa shape index (κ2) is 10.2. The average Bonchev–Trinajstić information content (AvgIpc) is 2.91. The van der Waals surface area contributed by atoms with Crippen LogP contribution in [0.5, 0.6) is 0 Å². The van der Waals surface area contributed by atoms with Gasteiger partial charge in [0, 0.05) is 106 Å². The van der Waals surface area contributed by atoms with E-state index >= 15 is 0 Å². The van der Waals surface area contributed by atoms with Crippen LogP contribution in [0.25, 0.3) is 11.2 Å². The summed E-state index contributed by atoms with van der Waals surface area (Å²) in [5, 5.41) is 10.4. The Morgan fingerprint density at radius 3 is 2.61 bits per heavy atom. The van der Waals surface area contributed by atoms with Gasteiger partial charge in [0.1, 0.15) is 0 Å². The molecule has 9 heteroatoms. The number of fused-ring (bicyclic) bond motifs is 1. The first-order valence-electron chi connectivity index (χ1n) is 6.88. The van der Waals surface area contributed by atoms with Gasteiger partial charge in [0.25, 0.3) is 0 Å². The van der Waals surface area contributed by atoms with Crippen LogP contribution < -0.4 is 0 Å². The van der Waals surface area contributed by atoms with Crippen LogP contribution in [0.15, 0.2) is 0 Å². The molecular formula is C14H19N4O2W2Y-. The Bertz CT molecular complexity index is 641. The van der Waals surface area contributed by atoms with E-state index < -0.39 is 0 Å². The molecule has 1 saturated carbocycles. The maximum Gasteiger partial charge on any atom is 0.0942 e. The average molecular weight is 732 g/mol. The van der Waals surface area contributed by atoms with Gasteiger partial charge >= 0.3 is 0 Å². The van der Waals surface area contributed by atoms with Gasteiger partial charge < -0.3 is 24.4 Å². The number of methoxy groups -OCH3 is 1. The number of hydrogen-bond acceptors (Lipinski definition) is 5. The topological polar surface area (TPSA) is 73.1 Å². The van der Waals surface area contributed by atoms with E-state index in [0.717, 1.165) is 35.5 Å². The molecular weight excluding hydrogens is 713 g/mol. The Morgan fingerprint density at radius 2 is 1.96 bits per heavy atom. The van der Waals surface area contributed by atoms with E-state index in [1.807, 2.05) is 18.4 Å². The second-order valence-electron chi connectivity index (χ2n) is 5.54.